The number of aryl methyl sites for hydroxylation is 1. The van der Waals surface area contributed by atoms with Crippen LogP contribution in [0.25, 0.3) is 0 Å². The van der Waals surface area contributed by atoms with Crippen molar-refractivity contribution in [3.63, 3.8) is 0 Å². The lowest BCUT2D eigenvalue weighted by molar-refractivity contribution is -0.141. The Morgan fingerprint density at radius 3 is 2.93 bits per heavy atom. The molecule has 0 bridgehead atoms. The molecule has 1 rings (SSSR count). The molecule has 84 valence electrons. The minimum absolute atomic E-state index is 0.196. The zero-order valence-corrected chi connectivity index (χ0v) is 11.1. The van der Waals surface area contributed by atoms with Crippen molar-refractivity contribution in [2.45, 2.75) is 32.6 Å². The first-order valence-corrected chi connectivity index (χ1v) is 6.59. The Balaban J connectivity index is 2.00. The fourth-order valence-electron chi connectivity index (χ4n) is 1.17. The van der Waals surface area contributed by atoms with Gasteiger partial charge in [0.15, 0.2) is 0 Å². The summed E-state index contributed by atoms with van der Waals surface area (Å²) in [6.07, 6.45) is 4.12. The second-order valence-corrected chi connectivity index (χ2v) is 4.97. The number of carbonyl (C=O) groups excluding carboxylic acids is 1. The van der Waals surface area contributed by atoms with Crippen molar-refractivity contribution >= 4 is 33.2 Å². The number of ether oxygens (including phenoxy) is 1. The summed E-state index contributed by atoms with van der Waals surface area (Å²) < 4.78 is 5.76. The summed E-state index contributed by atoms with van der Waals surface area (Å²) in [6, 6.07) is 0. The van der Waals surface area contributed by atoms with Gasteiger partial charge in [0.2, 0.25) is 0 Å². The molecule has 5 heteroatoms. The molecule has 0 atom stereocenters. The molecule has 0 saturated carbocycles. The third kappa shape index (κ3) is 5.89. The first-order valence-electron chi connectivity index (χ1n) is 4.92. The molecule has 0 amide bonds. The third-order valence-corrected chi connectivity index (χ3v) is 3.48. The Bertz CT molecular complexity index is 314. The maximum Gasteiger partial charge on any atom is 0.302 e. The first-order chi connectivity index (χ1) is 7.18. The molecule has 0 aromatic carbocycles. The number of thiazole rings is 1. The van der Waals surface area contributed by atoms with Gasteiger partial charge in [-0.1, -0.05) is 0 Å². The minimum atomic E-state index is -0.196. The molecule has 0 spiro atoms. The molecule has 0 aliphatic rings. The Hall–Kier alpha value is -0.420. The normalized spacial score (nSPS) is 10.3. The Labute approximate surface area is 102 Å². The summed E-state index contributed by atoms with van der Waals surface area (Å²) in [5.41, 5.74) is 0. The van der Waals surface area contributed by atoms with E-state index in [1.165, 1.54) is 6.92 Å². The van der Waals surface area contributed by atoms with E-state index < -0.39 is 0 Å². The third-order valence-electron chi connectivity index (χ3n) is 1.86. The largest absolute Gasteiger partial charge is 0.466 e. The highest BCUT2D eigenvalue weighted by Crippen LogP contribution is 2.16. The van der Waals surface area contributed by atoms with Gasteiger partial charge < -0.3 is 4.74 Å². The van der Waals surface area contributed by atoms with Gasteiger partial charge in [-0.3, -0.25) is 4.79 Å². The second kappa shape index (κ2) is 6.95. The van der Waals surface area contributed by atoms with E-state index in [0.29, 0.717) is 6.61 Å². The van der Waals surface area contributed by atoms with Gasteiger partial charge in [0.05, 0.1) is 11.6 Å². The van der Waals surface area contributed by atoms with Crippen molar-refractivity contribution in [3.8, 4) is 0 Å². The number of nitrogens with zero attached hydrogens (tertiary/aromatic N) is 1. The van der Waals surface area contributed by atoms with Gasteiger partial charge in [-0.2, -0.15) is 0 Å². The summed E-state index contributed by atoms with van der Waals surface area (Å²) in [4.78, 5) is 14.8. The predicted molar refractivity (Wildman–Crippen MR) is 64.0 cm³/mol. The van der Waals surface area contributed by atoms with Crippen LogP contribution in [0, 0.1) is 0 Å². The smallest absolute Gasteiger partial charge is 0.302 e. The number of esters is 1. The molecule has 0 saturated heterocycles. The maximum atomic E-state index is 10.5. The van der Waals surface area contributed by atoms with E-state index in [0.717, 1.165) is 35.3 Å². The molecule has 0 fully saturated rings. The fourth-order valence-corrected chi connectivity index (χ4v) is 2.49. The first kappa shape index (κ1) is 12.6. The summed E-state index contributed by atoms with van der Waals surface area (Å²) in [6.45, 7) is 1.98. The van der Waals surface area contributed by atoms with Crippen LogP contribution < -0.4 is 0 Å². The summed E-state index contributed by atoms with van der Waals surface area (Å²) in [5.74, 6) is -0.196. The lowest BCUT2D eigenvalue weighted by Crippen LogP contribution is -2.00. The summed E-state index contributed by atoms with van der Waals surface area (Å²) in [7, 11) is 0. The van der Waals surface area contributed by atoms with Crippen LogP contribution in [0.15, 0.2) is 9.98 Å². The van der Waals surface area contributed by atoms with Crippen molar-refractivity contribution in [2.24, 2.45) is 0 Å². The van der Waals surface area contributed by atoms with E-state index >= 15 is 0 Å². The molecule has 0 radical (unpaired) electrons. The average molecular weight is 292 g/mol. The number of halogens is 1. The van der Waals surface area contributed by atoms with E-state index in [1.54, 1.807) is 11.3 Å². The van der Waals surface area contributed by atoms with Crippen LogP contribution in [0.4, 0.5) is 0 Å². The van der Waals surface area contributed by atoms with E-state index in [1.807, 2.05) is 5.38 Å². The van der Waals surface area contributed by atoms with Crippen LogP contribution in [0.3, 0.4) is 0 Å². The van der Waals surface area contributed by atoms with Gasteiger partial charge >= 0.3 is 5.97 Å². The van der Waals surface area contributed by atoms with Gasteiger partial charge in [0.25, 0.3) is 0 Å². The van der Waals surface area contributed by atoms with Gasteiger partial charge in [-0.15, -0.1) is 11.3 Å². The van der Waals surface area contributed by atoms with E-state index in [2.05, 4.69) is 20.9 Å². The van der Waals surface area contributed by atoms with Crippen LogP contribution in [0.2, 0.25) is 0 Å². The highest BCUT2D eigenvalue weighted by Gasteiger charge is 1.99. The van der Waals surface area contributed by atoms with Crippen molar-refractivity contribution in [1.29, 1.82) is 0 Å². The molecule has 1 heterocycles. The van der Waals surface area contributed by atoms with E-state index in [9.17, 15) is 4.79 Å². The molecule has 0 unspecified atom stereocenters. The fraction of sp³-hybridized carbons (Fsp3) is 0.600. The lowest BCUT2D eigenvalue weighted by Gasteiger charge is -2.00. The quantitative estimate of drug-likeness (QED) is 0.597. The molecular formula is C10H14BrNO2S. The molecule has 3 nitrogen and oxygen atoms in total. The zero-order chi connectivity index (χ0) is 11.1. The molecule has 1 aromatic rings. The number of unbranched alkanes of at least 4 members (excludes halogenated alkanes) is 2. The standard InChI is InChI=1S/C10H14BrNO2S/c1-8(13)14-6-4-2-3-5-10-12-9(11)7-15-10/h7H,2-6H2,1H3. The monoisotopic (exact) mass is 291 g/mol. The molecule has 1 aromatic heterocycles. The number of rotatable bonds is 6. The molecule has 0 N–H and O–H groups in total. The summed E-state index contributed by atoms with van der Waals surface area (Å²) in [5, 5.41) is 3.16. The lowest BCUT2D eigenvalue weighted by atomic mass is 10.2. The van der Waals surface area contributed by atoms with Gasteiger partial charge in [0.1, 0.15) is 4.60 Å². The van der Waals surface area contributed by atoms with Crippen LogP contribution in [0.1, 0.15) is 31.2 Å². The number of hydrogen-bond donors (Lipinski definition) is 0. The Morgan fingerprint density at radius 2 is 2.33 bits per heavy atom. The SMILES string of the molecule is CC(=O)OCCCCCc1nc(Br)cs1. The zero-order valence-electron chi connectivity index (χ0n) is 8.66. The van der Waals surface area contributed by atoms with Gasteiger partial charge in [-0.25, -0.2) is 4.98 Å². The molecule has 0 aliphatic heterocycles. The Morgan fingerprint density at radius 1 is 1.53 bits per heavy atom. The highest BCUT2D eigenvalue weighted by atomic mass is 79.9. The molecule has 15 heavy (non-hydrogen) atoms. The van der Waals surface area contributed by atoms with Crippen LogP contribution >= 0.6 is 27.3 Å². The van der Waals surface area contributed by atoms with Crippen molar-refractivity contribution in [2.75, 3.05) is 6.61 Å². The topological polar surface area (TPSA) is 39.2 Å². The maximum absolute atomic E-state index is 10.5. The number of carbonyl (C=O) groups is 1. The van der Waals surface area contributed by atoms with Gasteiger partial charge in [0, 0.05) is 12.3 Å². The van der Waals surface area contributed by atoms with Crippen molar-refractivity contribution < 1.29 is 9.53 Å². The van der Waals surface area contributed by atoms with E-state index in [-0.39, 0.29) is 5.97 Å². The number of aromatic nitrogens is 1. The highest BCUT2D eigenvalue weighted by molar-refractivity contribution is 9.10. The molecule has 0 aliphatic carbocycles. The van der Waals surface area contributed by atoms with Crippen LogP contribution in [-0.2, 0) is 16.0 Å². The van der Waals surface area contributed by atoms with Crippen molar-refractivity contribution in [3.05, 3.63) is 15.0 Å². The predicted octanol–water partition coefficient (Wildman–Crippen LogP) is 3.18. The average Bonchev–Trinajstić information content (AvgIpc) is 2.57. The number of hydrogen-bond acceptors (Lipinski definition) is 4. The van der Waals surface area contributed by atoms with Crippen LogP contribution in [0.5, 0.6) is 0 Å². The molecular weight excluding hydrogens is 278 g/mol. The van der Waals surface area contributed by atoms with Crippen LogP contribution in [-0.4, -0.2) is 17.6 Å². The van der Waals surface area contributed by atoms with Gasteiger partial charge in [-0.05, 0) is 41.6 Å². The summed E-state index contributed by atoms with van der Waals surface area (Å²) >= 11 is 5.00. The minimum Gasteiger partial charge on any atom is -0.466 e. The Kier molecular flexibility index (Phi) is 5.86. The van der Waals surface area contributed by atoms with Crippen molar-refractivity contribution in [1.82, 2.24) is 4.98 Å². The van der Waals surface area contributed by atoms with E-state index in [4.69, 9.17) is 4.74 Å². The second-order valence-electron chi connectivity index (χ2n) is 3.21.